The van der Waals surface area contributed by atoms with Gasteiger partial charge in [-0.05, 0) is 51.9 Å². The van der Waals surface area contributed by atoms with E-state index in [4.69, 9.17) is 0 Å². The molecule has 2 N–H and O–H groups in total. The topological polar surface area (TPSA) is 73.8 Å². The molecular formula is C18H32N4O2S. The summed E-state index contributed by atoms with van der Waals surface area (Å²) >= 11 is 0. The lowest BCUT2D eigenvalue weighted by Crippen LogP contribution is -2.42. The van der Waals surface area contributed by atoms with Gasteiger partial charge in [0, 0.05) is 31.9 Å². The van der Waals surface area contributed by atoms with Crippen LogP contribution in [0.15, 0.2) is 28.1 Å². The third kappa shape index (κ3) is 7.44. The van der Waals surface area contributed by atoms with E-state index in [-0.39, 0.29) is 0 Å². The number of guanidine groups is 1. The normalized spacial score (nSPS) is 12.7. The lowest BCUT2D eigenvalue weighted by Gasteiger charge is -2.21. The molecule has 0 aliphatic heterocycles. The van der Waals surface area contributed by atoms with Gasteiger partial charge in [0.2, 0.25) is 0 Å². The van der Waals surface area contributed by atoms with Crippen molar-refractivity contribution >= 4 is 15.8 Å². The number of hydrogen-bond acceptors (Lipinski definition) is 4. The van der Waals surface area contributed by atoms with Crippen molar-refractivity contribution in [3.63, 3.8) is 0 Å². The van der Waals surface area contributed by atoms with Crippen LogP contribution in [0.25, 0.3) is 0 Å². The average Bonchev–Trinajstić information content (AvgIpc) is 2.51. The van der Waals surface area contributed by atoms with Crippen molar-refractivity contribution in [2.24, 2.45) is 4.99 Å². The Balaban J connectivity index is 2.72. The van der Waals surface area contributed by atoms with Crippen LogP contribution < -0.4 is 10.6 Å². The highest BCUT2D eigenvalue weighted by Gasteiger charge is 2.10. The molecule has 0 spiro atoms. The highest BCUT2D eigenvalue weighted by molar-refractivity contribution is 7.90. The summed E-state index contributed by atoms with van der Waals surface area (Å²) in [5.74, 6) is 0.768. The van der Waals surface area contributed by atoms with Gasteiger partial charge in [0.15, 0.2) is 15.8 Å². The highest BCUT2D eigenvalue weighted by atomic mass is 32.2. The van der Waals surface area contributed by atoms with E-state index in [1.54, 1.807) is 6.07 Å². The molecule has 25 heavy (non-hydrogen) atoms. The van der Waals surface area contributed by atoms with Crippen LogP contribution in [0.2, 0.25) is 0 Å². The molecule has 0 aromatic heterocycles. The number of aryl methyl sites for hydroxylation is 1. The molecule has 142 valence electrons. The van der Waals surface area contributed by atoms with E-state index in [1.165, 1.54) is 6.26 Å². The summed E-state index contributed by atoms with van der Waals surface area (Å²) < 4.78 is 23.4. The maximum atomic E-state index is 11.7. The second kappa shape index (κ2) is 9.77. The standard InChI is InChI=1S/C18H32N4O2S/c1-7-19-18(20-10-11-22(5)14(2)3)21-13-16-8-9-17(15(4)12-16)25(6,23)24/h8-9,12,14H,7,10-11,13H2,1-6H3,(H2,19,20,21). The zero-order chi connectivity index (χ0) is 19.0. The molecule has 1 rings (SSSR count). The third-order valence-corrected chi connectivity index (χ3v) is 5.30. The zero-order valence-corrected chi connectivity index (χ0v) is 17.1. The molecule has 0 fully saturated rings. The molecule has 0 radical (unpaired) electrons. The number of benzene rings is 1. The zero-order valence-electron chi connectivity index (χ0n) is 16.3. The molecule has 0 heterocycles. The van der Waals surface area contributed by atoms with Crippen LogP contribution in [-0.4, -0.2) is 58.3 Å². The number of sulfone groups is 1. The molecule has 0 saturated heterocycles. The maximum Gasteiger partial charge on any atom is 0.191 e. The van der Waals surface area contributed by atoms with Gasteiger partial charge in [-0.3, -0.25) is 0 Å². The van der Waals surface area contributed by atoms with Gasteiger partial charge in [-0.1, -0.05) is 12.1 Å². The van der Waals surface area contributed by atoms with Crippen LogP contribution in [0.1, 0.15) is 31.9 Å². The molecule has 0 amide bonds. The Kier molecular flexibility index (Phi) is 8.38. The summed E-state index contributed by atoms with van der Waals surface area (Å²) in [6.07, 6.45) is 1.23. The fraction of sp³-hybridized carbons (Fsp3) is 0.611. The Hall–Kier alpha value is -1.60. The molecule has 1 aromatic carbocycles. The number of nitrogens with one attached hydrogen (secondary N) is 2. The van der Waals surface area contributed by atoms with Crippen LogP contribution >= 0.6 is 0 Å². The van der Waals surface area contributed by atoms with Gasteiger partial charge in [-0.25, -0.2) is 13.4 Å². The fourth-order valence-electron chi connectivity index (χ4n) is 2.35. The average molecular weight is 369 g/mol. The minimum absolute atomic E-state index is 0.377. The van der Waals surface area contributed by atoms with Gasteiger partial charge in [-0.2, -0.15) is 0 Å². The predicted octanol–water partition coefficient (Wildman–Crippen LogP) is 1.79. The lowest BCUT2D eigenvalue weighted by molar-refractivity contribution is 0.278. The minimum Gasteiger partial charge on any atom is -0.357 e. The number of likely N-dealkylation sites (N-methyl/N-ethyl adjacent to an activating group) is 1. The molecule has 0 aliphatic carbocycles. The Bertz CT molecular complexity index is 684. The summed E-state index contributed by atoms with van der Waals surface area (Å²) in [7, 11) is -1.08. The van der Waals surface area contributed by atoms with Crippen molar-refractivity contribution in [2.75, 3.05) is 32.9 Å². The van der Waals surface area contributed by atoms with Crippen LogP contribution in [-0.2, 0) is 16.4 Å². The fourth-order valence-corrected chi connectivity index (χ4v) is 3.31. The van der Waals surface area contributed by atoms with Crippen molar-refractivity contribution in [1.82, 2.24) is 15.5 Å². The van der Waals surface area contributed by atoms with Crippen molar-refractivity contribution < 1.29 is 8.42 Å². The summed E-state index contributed by atoms with van der Waals surface area (Å²) in [6, 6.07) is 5.88. The monoisotopic (exact) mass is 368 g/mol. The van der Waals surface area contributed by atoms with Crippen molar-refractivity contribution in [3.05, 3.63) is 29.3 Å². The Morgan fingerprint density at radius 3 is 2.48 bits per heavy atom. The summed E-state index contributed by atoms with van der Waals surface area (Å²) in [5.41, 5.74) is 1.74. The lowest BCUT2D eigenvalue weighted by atomic mass is 10.1. The number of rotatable bonds is 8. The predicted molar refractivity (Wildman–Crippen MR) is 105 cm³/mol. The van der Waals surface area contributed by atoms with Gasteiger partial charge in [0.05, 0.1) is 11.4 Å². The van der Waals surface area contributed by atoms with E-state index in [0.29, 0.717) is 17.5 Å². The van der Waals surface area contributed by atoms with E-state index >= 15 is 0 Å². The molecule has 6 nitrogen and oxygen atoms in total. The number of aliphatic imine (C=N–C) groups is 1. The molecule has 0 bridgehead atoms. The van der Waals surface area contributed by atoms with Crippen molar-refractivity contribution in [1.29, 1.82) is 0 Å². The summed E-state index contributed by atoms with van der Waals surface area (Å²) in [5, 5.41) is 6.56. The van der Waals surface area contributed by atoms with E-state index < -0.39 is 9.84 Å². The second-order valence-corrected chi connectivity index (χ2v) is 8.55. The number of nitrogens with zero attached hydrogens (tertiary/aromatic N) is 2. The quantitative estimate of drug-likeness (QED) is 0.541. The second-order valence-electron chi connectivity index (χ2n) is 6.57. The molecule has 0 atom stereocenters. The smallest absolute Gasteiger partial charge is 0.191 e. The minimum atomic E-state index is -3.18. The van der Waals surface area contributed by atoms with Gasteiger partial charge in [0.25, 0.3) is 0 Å². The molecule has 0 aliphatic rings. The van der Waals surface area contributed by atoms with E-state index in [9.17, 15) is 8.42 Å². The van der Waals surface area contributed by atoms with E-state index in [2.05, 4.69) is 41.4 Å². The molecule has 7 heteroatoms. The molecule has 0 saturated carbocycles. The molecule has 1 aromatic rings. The maximum absolute atomic E-state index is 11.7. The van der Waals surface area contributed by atoms with Crippen LogP contribution in [0.3, 0.4) is 0 Å². The first-order valence-electron chi connectivity index (χ1n) is 8.67. The van der Waals surface area contributed by atoms with Gasteiger partial charge in [-0.15, -0.1) is 0 Å². The van der Waals surface area contributed by atoms with Gasteiger partial charge < -0.3 is 15.5 Å². The van der Waals surface area contributed by atoms with E-state index in [0.717, 1.165) is 36.7 Å². The van der Waals surface area contributed by atoms with Crippen LogP contribution in [0.4, 0.5) is 0 Å². The van der Waals surface area contributed by atoms with Gasteiger partial charge >= 0.3 is 0 Å². The first-order chi connectivity index (χ1) is 11.6. The molecule has 0 unspecified atom stereocenters. The van der Waals surface area contributed by atoms with Gasteiger partial charge in [0.1, 0.15) is 0 Å². The largest absolute Gasteiger partial charge is 0.357 e. The summed E-state index contributed by atoms with van der Waals surface area (Å²) in [6.45, 7) is 11.2. The first-order valence-corrected chi connectivity index (χ1v) is 10.6. The SMILES string of the molecule is CCNC(=NCc1ccc(S(C)(=O)=O)c(C)c1)NCCN(C)C(C)C. The third-order valence-electron chi connectivity index (χ3n) is 4.04. The van der Waals surface area contributed by atoms with Crippen molar-refractivity contribution in [3.8, 4) is 0 Å². The Labute approximate surface area is 152 Å². The van der Waals surface area contributed by atoms with Crippen LogP contribution in [0, 0.1) is 6.92 Å². The van der Waals surface area contributed by atoms with Crippen molar-refractivity contribution in [2.45, 2.75) is 45.2 Å². The first kappa shape index (κ1) is 21.4. The van der Waals surface area contributed by atoms with Crippen LogP contribution in [0.5, 0.6) is 0 Å². The summed E-state index contributed by atoms with van der Waals surface area (Å²) in [4.78, 5) is 7.23. The highest BCUT2D eigenvalue weighted by Crippen LogP contribution is 2.17. The Morgan fingerprint density at radius 2 is 1.96 bits per heavy atom. The van der Waals surface area contributed by atoms with E-state index in [1.807, 2.05) is 26.0 Å². The number of hydrogen-bond donors (Lipinski definition) is 2. The Morgan fingerprint density at radius 1 is 1.28 bits per heavy atom. The molecular weight excluding hydrogens is 336 g/mol.